The lowest BCUT2D eigenvalue weighted by Crippen LogP contribution is -2.49. The van der Waals surface area contributed by atoms with Crippen molar-refractivity contribution in [1.29, 1.82) is 5.26 Å². The quantitative estimate of drug-likeness (QED) is 0.578. The van der Waals surface area contributed by atoms with Crippen LogP contribution in [0, 0.1) is 24.1 Å². The summed E-state index contributed by atoms with van der Waals surface area (Å²) in [7, 11) is 0. The summed E-state index contributed by atoms with van der Waals surface area (Å²) in [4.78, 5) is 30.8. The molecule has 0 radical (unpaired) electrons. The second-order valence-electron chi connectivity index (χ2n) is 8.10. The number of rotatable bonds is 4. The Morgan fingerprint density at radius 2 is 1.79 bits per heavy atom. The molecule has 1 aliphatic rings. The van der Waals surface area contributed by atoms with E-state index in [0.717, 1.165) is 42.1 Å². The minimum atomic E-state index is -0.436. The maximum absolute atomic E-state index is 13.6. The SMILES string of the molecule is CCN1CCN(C(=O)C(C#N)=c2sc(=Cc3ccccc3C)c(=O)n2-c2ccc(F)cc2)CC1. The summed E-state index contributed by atoms with van der Waals surface area (Å²) in [5.74, 6) is -0.826. The third-order valence-corrected chi connectivity index (χ3v) is 7.12. The van der Waals surface area contributed by atoms with Gasteiger partial charge in [-0.1, -0.05) is 31.2 Å². The van der Waals surface area contributed by atoms with E-state index in [1.807, 2.05) is 31.2 Å². The van der Waals surface area contributed by atoms with Gasteiger partial charge in [0, 0.05) is 26.2 Å². The Morgan fingerprint density at radius 3 is 2.41 bits per heavy atom. The average molecular weight is 477 g/mol. The van der Waals surface area contributed by atoms with E-state index < -0.39 is 11.7 Å². The topological polar surface area (TPSA) is 69.3 Å². The van der Waals surface area contributed by atoms with Crippen molar-refractivity contribution in [3.63, 3.8) is 0 Å². The number of hydrogen-bond donors (Lipinski definition) is 0. The van der Waals surface area contributed by atoms with Crippen LogP contribution in [0.2, 0.25) is 0 Å². The van der Waals surface area contributed by atoms with Crippen LogP contribution >= 0.6 is 11.3 Å². The monoisotopic (exact) mass is 476 g/mol. The summed E-state index contributed by atoms with van der Waals surface area (Å²) in [6.45, 7) is 7.45. The molecule has 0 atom stereocenters. The molecule has 3 aromatic rings. The van der Waals surface area contributed by atoms with E-state index in [4.69, 9.17) is 0 Å². The summed E-state index contributed by atoms with van der Waals surface area (Å²) >= 11 is 1.10. The summed E-state index contributed by atoms with van der Waals surface area (Å²) in [5.41, 5.74) is 1.84. The molecule has 1 saturated heterocycles. The normalized spacial score (nSPS) is 15.8. The maximum Gasteiger partial charge on any atom is 0.273 e. The first kappa shape index (κ1) is 23.6. The second-order valence-corrected chi connectivity index (χ2v) is 9.13. The van der Waals surface area contributed by atoms with E-state index in [1.165, 1.54) is 28.8 Å². The smallest absolute Gasteiger partial charge is 0.273 e. The molecule has 34 heavy (non-hydrogen) atoms. The number of halogens is 1. The van der Waals surface area contributed by atoms with E-state index in [-0.39, 0.29) is 15.8 Å². The van der Waals surface area contributed by atoms with Crippen LogP contribution < -0.4 is 14.8 Å². The highest BCUT2D eigenvalue weighted by molar-refractivity contribution is 7.07. The van der Waals surface area contributed by atoms with Crippen molar-refractivity contribution < 1.29 is 9.18 Å². The number of benzene rings is 2. The fraction of sp³-hybridized carbons (Fsp3) is 0.269. The fourth-order valence-electron chi connectivity index (χ4n) is 3.98. The standard InChI is InChI=1S/C26H25FN4O2S/c1-3-29-12-14-30(15-13-29)24(32)22(17-28)26-31(21-10-8-20(27)9-11-21)25(33)23(34-26)16-19-7-5-4-6-18(19)2/h4-11,16H,3,12-15H2,1-2H3. The minimum absolute atomic E-state index is 0.0826. The molecule has 0 saturated carbocycles. The van der Waals surface area contributed by atoms with Gasteiger partial charge in [-0.25, -0.2) is 4.39 Å². The van der Waals surface area contributed by atoms with Gasteiger partial charge in [-0.05, 0) is 54.9 Å². The van der Waals surface area contributed by atoms with Crippen LogP contribution in [-0.2, 0) is 4.79 Å². The number of hydrogen-bond acceptors (Lipinski definition) is 5. The van der Waals surface area contributed by atoms with E-state index in [9.17, 15) is 19.2 Å². The number of carbonyl (C=O) groups is 1. The molecule has 174 valence electrons. The largest absolute Gasteiger partial charge is 0.335 e. The zero-order valence-corrected chi connectivity index (χ0v) is 19.9. The molecule has 6 nitrogen and oxygen atoms in total. The number of piperazine rings is 1. The number of aromatic nitrogens is 1. The highest BCUT2D eigenvalue weighted by Crippen LogP contribution is 2.11. The van der Waals surface area contributed by atoms with Gasteiger partial charge in [-0.3, -0.25) is 14.2 Å². The van der Waals surface area contributed by atoms with Crippen molar-refractivity contribution in [2.24, 2.45) is 0 Å². The Hall–Kier alpha value is -3.54. The number of nitriles is 1. The molecule has 1 aromatic heterocycles. The van der Waals surface area contributed by atoms with Crippen molar-refractivity contribution in [2.75, 3.05) is 32.7 Å². The molecule has 0 N–H and O–H groups in total. The molecule has 1 aliphatic heterocycles. The highest BCUT2D eigenvalue weighted by atomic mass is 32.1. The predicted octanol–water partition coefficient (Wildman–Crippen LogP) is 2.01. The van der Waals surface area contributed by atoms with Crippen molar-refractivity contribution in [2.45, 2.75) is 13.8 Å². The average Bonchev–Trinajstić information content (AvgIpc) is 3.17. The molecular weight excluding hydrogens is 451 g/mol. The molecular formula is C26H25FN4O2S. The molecule has 0 aliphatic carbocycles. The Bertz CT molecular complexity index is 1430. The first-order valence-electron chi connectivity index (χ1n) is 11.1. The van der Waals surface area contributed by atoms with Crippen LogP contribution in [0.1, 0.15) is 18.1 Å². The van der Waals surface area contributed by atoms with Gasteiger partial charge in [-0.15, -0.1) is 11.3 Å². The highest BCUT2D eigenvalue weighted by Gasteiger charge is 2.25. The number of amides is 1. The van der Waals surface area contributed by atoms with Crippen molar-refractivity contribution in [1.82, 2.24) is 14.4 Å². The summed E-state index contributed by atoms with van der Waals surface area (Å²) in [5, 5.41) is 10.0. The van der Waals surface area contributed by atoms with Crippen LogP contribution in [0.15, 0.2) is 53.3 Å². The van der Waals surface area contributed by atoms with Gasteiger partial charge in [0.25, 0.3) is 11.5 Å². The molecule has 0 bridgehead atoms. The first-order valence-corrected chi connectivity index (χ1v) is 12.0. The number of nitrogens with zero attached hydrogens (tertiary/aromatic N) is 4. The molecule has 1 amide bonds. The van der Waals surface area contributed by atoms with Crippen LogP contribution in [0.25, 0.3) is 17.3 Å². The molecule has 8 heteroatoms. The molecule has 2 heterocycles. The zero-order chi connectivity index (χ0) is 24.2. The number of aryl methyl sites for hydroxylation is 1. The Balaban J connectivity index is 1.93. The lowest BCUT2D eigenvalue weighted by molar-refractivity contribution is -0.126. The third-order valence-electron chi connectivity index (χ3n) is 6.03. The van der Waals surface area contributed by atoms with Gasteiger partial charge in [0.15, 0.2) is 5.57 Å². The number of thiazole rings is 1. The molecule has 0 unspecified atom stereocenters. The Labute approximate surface area is 201 Å². The summed E-state index contributed by atoms with van der Waals surface area (Å²) < 4.78 is 15.6. The fourth-order valence-corrected chi connectivity index (χ4v) is 5.06. The van der Waals surface area contributed by atoms with E-state index in [0.29, 0.717) is 23.3 Å². The van der Waals surface area contributed by atoms with Crippen molar-refractivity contribution >= 4 is 28.9 Å². The van der Waals surface area contributed by atoms with Gasteiger partial charge in [0.05, 0.1) is 10.2 Å². The molecule has 2 aromatic carbocycles. The number of carbonyl (C=O) groups excluding carboxylic acids is 1. The summed E-state index contributed by atoms with van der Waals surface area (Å²) in [6.07, 6.45) is 1.77. The van der Waals surface area contributed by atoms with E-state index >= 15 is 0 Å². The minimum Gasteiger partial charge on any atom is -0.335 e. The molecule has 1 fully saturated rings. The van der Waals surface area contributed by atoms with Crippen LogP contribution in [0.3, 0.4) is 0 Å². The zero-order valence-electron chi connectivity index (χ0n) is 19.1. The van der Waals surface area contributed by atoms with Crippen LogP contribution in [0.5, 0.6) is 0 Å². The lowest BCUT2D eigenvalue weighted by Gasteiger charge is -2.33. The lowest BCUT2D eigenvalue weighted by atomic mass is 10.1. The van der Waals surface area contributed by atoms with Gasteiger partial charge in [0.2, 0.25) is 0 Å². The second kappa shape index (κ2) is 10.2. The van der Waals surface area contributed by atoms with Gasteiger partial charge >= 0.3 is 0 Å². The van der Waals surface area contributed by atoms with Gasteiger partial charge < -0.3 is 9.80 Å². The maximum atomic E-state index is 13.6. The summed E-state index contributed by atoms with van der Waals surface area (Å²) in [6, 6.07) is 15.2. The Kier molecular flexibility index (Phi) is 7.06. The van der Waals surface area contributed by atoms with Gasteiger partial charge in [0.1, 0.15) is 16.5 Å². The Morgan fingerprint density at radius 1 is 1.12 bits per heavy atom. The molecule has 4 rings (SSSR count). The number of likely N-dealkylation sites (N-methyl/N-ethyl adjacent to an activating group) is 1. The van der Waals surface area contributed by atoms with Crippen LogP contribution in [0.4, 0.5) is 4.39 Å². The van der Waals surface area contributed by atoms with Crippen molar-refractivity contribution in [3.05, 3.63) is 85.0 Å². The molecule has 0 spiro atoms. The van der Waals surface area contributed by atoms with Gasteiger partial charge in [-0.2, -0.15) is 5.26 Å². The van der Waals surface area contributed by atoms with Crippen LogP contribution in [-0.4, -0.2) is 53.0 Å². The van der Waals surface area contributed by atoms with Crippen molar-refractivity contribution in [3.8, 4) is 11.8 Å². The van der Waals surface area contributed by atoms with E-state index in [2.05, 4.69) is 17.9 Å². The third kappa shape index (κ3) is 4.72. The first-order chi connectivity index (χ1) is 16.4. The van der Waals surface area contributed by atoms with E-state index in [1.54, 1.807) is 11.0 Å². The predicted molar refractivity (Wildman–Crippen MR) is 132 cm³/mol.